The molecular formula is C36H36N4O2S. The monoisotopic (exact) mass is 588 g/mol. The Morgan fingerprint density at radius 2 is 1.56 bits per heavy atom. The lowest BCUT2D eigenvalue weighted by Crippen LogP contribution is -2.29. The maximum Gasteiger partial charge on any atom is 0.174 e. The normalized spacial score (nSPS) is 16.3. The molecule has 2 atom stereocenters. The largest absolute Gasteiger partial charge is 0.497 e. The Labute approximate surface area is 258 Å². The van der Waals surface area contributed by atoms with Crippen LogP contribution in [0.15, 0.2) is 97.2 Å². The molecule has 1 fully saturated rings. The summed E-state index contributed by atoms with van der Waals surface area (Å²) in [6.45, 7) is 8.81. The molecule has 0 spiro atoms. The summed E-state index contributed by atoms with van der Waals surface area (Å²) < 4.78 is 13.8. The van der Waals surface area contributed by atoms with Gasteiger partial charge in [-0.3, -0.25) is 4.98 Å². The number of anilines is 1. The van der Waals surface area contributed by atoms with Crippen LogP contribution in [0.25, 0.3) is 5.69 Å². The molecule has 1 aliphatic heterocycles. The number of para-hydroxylation sites is 1. The Balaban J connectivity index is 1.41. The van der Waals surface area contributed by atoms with E-state index in [9.17, 15) is 0 Å². The van der Waals surface area contributed by atoms with E-state index in [-0.39, 0.29) is 12.1 Å². The van der Waals surface area contributed by atoms with Crippen LogP contribution in [0.3, 0.4) is 0 Å². The van der Waals surface area contributed by atoms with Crippen molar-refractivity contribution in [2.45, 2.75) is 46.2 Å². The topological polar surface area (TPSA) is 51.6 Å². The van der Waals surface area contributed by atoms with E-state index >= 15 is 0 Å². The summed E-state index contributed by atoms with van der Waals surface area (Å²) in [7, 11) is 1.65. The Bertz CT molecular complexity index is 1750. The predicted octanol–water partition coefficient (Wildman–Crippen LogP) is 8.34. The Hall–Kier alpha value is -4.62. The highest BCUT2D eigenvalue weighted by Gasteiger charge is 2.42. The maximum atomic E-state index is 6.11. The van der Waals surface area contributed by atoms with Crippen LogP contribution in [0.4, 0.5) is 5.69 Å². The fourth-order valence-corrected chi connectivity index (χ4v) is 6.51. The summed E-state index contributed by atoms with van der Waals surface area (Å²) in [5, 5.41) is 4.27. The Morgan fingerprint density at radius 3 is 2.21 bits per heavy atom. The molecule has 0 bridgehead atoms. The smallest absolute Gasteiger partial charge is 0.174 e. The van der Waals surface area contributed by atoms with Crippen molar-refractivity contribution in [3.8, 4) is 22.9 Å². The van der Waals surface area contributed by atoms with Crippen molar-refractivity contribution >= 4 is 23.0 Å². The maximum absolute atomic E-state index is 6.11. The number of hydrogen-bond acceptors (Lipinski definition) is 4. The van der Waals surface area contributed by atoms with Crippen LogP contribution >= 0.6 is 12.2 Å². The molecular weight excluding hydrogens is 552 g/mol. The van der Waals surface area contributed by atoms with Gasteiger partial charge in [-0.05, 0) is 123 Å². The van der Waals surface area contributed by atoms with E-state index in [1.165, 1.54) is 33.8 Å². The Kier molecular flexibility index (Phi) is 7.91. The minimum absolute atomic E-state index is 0.107. The van der Waals surface area contributed by atoms with Crippen molar-refractivity contribution in [1.29, 1.82) is 0 Å². The van der Waals surface area contributed by atoms with Gasteiger partial charge < -0.3 is 24.3 Å². The summed E-state index contributed by atoms with van der Waals surface area (Å²) >= 11 is 6.01. The molecule has 0 aliphatic carbocycles. The number of methoxy groups -OCH3 is 1. The quantitative estimate of drug-likeness (QED) is 0.184. The minimum atomic E-state index is -0.125. The molecule has 0 radical (unpaired) electrons. The van der Waals surface area contributed by atoms with Gasteiger partial charge in [-0.2, -0.15) is 0 Å². The molecule has 3 heterocycles. The summed E-state index contributed by atoms with van der Waals surface area (Å²) in [5.41, 5.74) is 9.40. The summed E-state index contributed by atoms with van der Waals surface area (Å²) in [6, 6.07) is 30.4. The van der Waals surface area contributed by atoms with Crippen molar-refractivity contribution in [3.05, 3.63) is 131 Å². The Morgan fingerprint density at radius 1 is 0.860 bits per heavy atom. The number of ether oxygens (including phenoxy) is 2. The van der Waals surface area contributed by atoms with Gasteiger partial charge in [0.1, 0.15) is 17.2 Å². The highest BCUT2D eigenvalue weighted by Crippen LogP contribution is 2.44. The van der Waals surface area contributed by atoms with Gasteiger partial charge in [0.15, 0.2) is 5.11 Å². The second-order valence-corrected chi connectivity index (χ2v) is 11.3. The van der Waals surface area contributed by atoms with Gasteiger partial charge in [0.25, 0.3) is 0 Å². The SMILES string of the molecule is CCc1cccc(C)c1-n1c(C)cc(C2C(c3ccccn3)NC(=S)N2c2ccc(Oc3ccc(OC)cc3)cc2)c1C. The van der Waals surface area contributed by atoms with E-state index in [2.05, 4.69) is 84.9 Å². The predicted molar refractivity (Wildman–Crippen MR) is 177 cm³/mol. The third kappa shape index (κ3) is 5.37. The average molecular weight is 589 g/mol. The van der Waals surface area contributed by atoms with Crippen LogP contribution in [0.1, 0.15) is 52.8 Å². The molecule has 2 unspecified atom stereocenters. The van der Waals surface area contributed by atoms with Gasteiger partial charge in [-0.1, -0.05) is 31.2 Å². The number of aromatic nitrogens is 2. The number of nitrogens with zero attached hydrogens (tertiary/aromatic N) is 3. The number of nitrogens with one attached hydrogen (secondary N) is 1. The van der Waals surface area contributed by atoms with E-state index in [4.69, 9.17) is 26.7 Å². The molecule has 1 saturated heterocycles. The van der Waals surface area contributed by atoms with Gasteiger partial charge >= 0.3 is 0 Å². The molecule has 2 aromatic heterocycles. The fourth-order valence-electron chi connectivity index (χ4n) is 6.16. The van der Waals surface area contributed by atoms with Crippen LogP contribution in [0.5, 0.6) is 17.2 Å². The van der Waals surface area contributed by atoms with Gasteiger partial charge in [0.05, 0.1) is 30.6 Å². The number of benzene rings is 3. The van der Waals surface area contributed by atoms with Crippen LogP contribution < -0.4 is 19.7 Å². The number of aryl methyl sites for hydroxylation is 3. The number of thiocarbonyl (C=S) groups is 1. The van der Waals surface area contributed by atoms with Crippen molar-refractivity contribution < 1.29 is 9.47 Å². The zero-order chi connectivity index (χ0) is 30.1. The average Bonchev–Trinajstić information content (AvgIpc) is 3.52. The van der Waals surface area contributed by atoms with Crippen molar-refractivity contribution in [2.24, 2.45) is 0 Å². The summed E-state index contributed by atoms with van der Waals surface area (Å²) in [6.07, 6.45) is 2.81. The van der Waals surface area contributed by atoms with Gasteiger partial charge in [-0.15, -0.1) is 0 Å². The minimum Gasteiger partial charge on any atom is -0.497 e. The zero-order valence-electron chi connectivity index (χ0n) is 25.2. The standard InChI is InChI=1S/C36H36N4O2S/c1-6-26-11-9-10-23(2)34(26)39-24(3)22-31(25(39)4)35-33(32-12-7-8-21-37-32)38-36(43)40(35)27-13-15-29(16-14-27)42-30-19-17-28(41-5)18-20-30/h7-22,33,35H,6H2,1-5H3,(H,38,43). The van der Waals surface area contributed by atoms with Crippen LogP contribution in [0, 0.1) is 20.8 Å². The first kappa shape index (κ1) is 28.5. The molecule has 1 N–H and O–H groups in total. The van der Waals surface area contributed by atoms with Gasteiger partial charge in [-0.25, -0.2) is 0 Å². The lowest BCUT2D eigenvalue weighted by atomic mass is 9.96. The number of rotatable bonds is 8. The van der Waals surface area contributed by atoms with Crippen molar-refractivity contribution in [2.75, 3.05) is 12.0 Å². The molecule has 6 rings (SSSR count). The third-order valence-corrected chi connectivity index (χ3v) is 8.54. The lowest BCUT2D eigenvalue weighted by molar-refractivity contribution is 0.413. The first-order valence-electron chi connectivity index (χ1n) is 14.6. The van der Waals surface area contributed by atoms with E-state index in [1.807, 2.05) is 54.7 Å². The van der Waals surface area contributed by atoms with Crippen LogP contribution in [-0.2, 0) is 6.42 Å². The van der Waals surface area contributed by atoms with Crippen LogP contribution in [-0.4, -0.2) is 21.8 Å². The zero-order valence-corrected chi connectivity index (χ0v) is 26.0. The molecule has 0 saturated carbocycles. The molecule has 3 aromatic carbocycles. The molecule has 1 aliphatic rings. The van der Waals surface area contributed by atoms with E-state index in [0.717, 1.165) is 35.1 Å². The highest BCUT2D eigenvalue weighted by molar-refractivity contribution is 7.80. The van der Waals surface area contributed by atoms with E-state index in [0.29, 0.717) is 5.11 Å². The highest BCUT2D eigenvalue weighted by atomic mass is 32.1. The molecule has 6 nitrogen and oxygen atoms in total. The second kappa shape index (κ2) is 11.9. The molecule has 7 heteroatoms. The van der Waals surface area contributed by atoms with Crippen molar-refractivity contribution in [1.82, 2.24) is 14.9 Å². The van der Waals surface area contributed by atoms with E-state index < -0.39 is 0 Å². The first-order chi connectivity index (χ1) is 20.9. The summed E-state index contributed by atoms with van der Waals surface area (Å²) in [5.74, 6) is 2.28. The van der Waals surface area contributed by atoms with Gasteiger partial charge in [0.2, 0.25) is 0 Å². The van der Waals surface area contributed by atoms with E-state index in [1.54, 1.807) is 7.11 Å². The molecule has 218 valence electrons. The number of pyridine rings is 1. The van der Waals surface area contributed by atoms with Crippen LogP contribution in [0.2, 0.25) is 0 Å². The second-order valence-electron chi connectivity index (χ2n) is 10.9. The fraction of sp³-hybridized carbons (Fsp3) is 0.222. The lowest BCUT2D eigenvalue weighted by Gasteiger charge is -2.28. The number of hydrogen-bond donors (Lipinski definition) is 1. The van der Waals surface area contributed by atoms with Gasteiger partial charge in [0, 0.05) is 23.3 Å². The summed E-state index contributed by atoms with van der Waals surface area (Å²) in [4.78, 5) is 6.97. The molecule has 0 amide bonds. The molecule has 5 aromatic rings. The third-order valence-electron chi connectivity index (χ3n) is 8.22. The van der Waals surface area contributed by atoms with Crippen molar-refractivity contribution in [3.63, 3.8) is 0 Å². The first-order valence-corrected chi connectivity index (χ1v) is 15.0. The molecule has 43 heavy (non-hydrogen) atoms.